The Labute approximate surface area is 466 Å². The first-order chi connectivity index (χ1) is 39.0. The molecule has 2 heterocycles. The highest BCUT2D eigenvalue weighted by molar-refractivity contribution is 6.21. The first-order valence-electron chi connectivity index (χ1n) is 30.7. The lowest BCUT2D eigenvalue weighted by molar-refractivity contribution is 0.443. The minimum Gasteiger partial charge on any atom is -0.456 e. The highest BCUT2D eigenvalue weighted by Crippen LogP contribution is 2.47. The van der Waals surface area contributed by atoms with Gasteiger partial charge in [0.05, 0.1) is 0 Å². The van der Waals surface area contributed by atoms with Crippen LogP contribution in [-0.4, -0.2) is 0 Å². The van der Waals surface area contributed by atoms with E-state index in [9.17, 15) is 0 Å². The van der Waals surface area contributed by atoms with Gasteiger partial charge in [-0.3, -0.25) is 0 Å². The number of hydrogen-bond acceptors (Lipinski definition) is 4. The van der Waals surface area contributed by atoms with Crippen LogP contribution < -0.4 is 9.80 Å². The van der Waals surface area contributed by atoms with E-state index < -0.39 is 0 Å². The normalized spacial score (nSPS) is 17.5. The summed E-state index contributed by atoms with van der Waals surface area (Å²) in [5.74, 6) is 2.70. The molecule has 15 rings (SSSR count). The topological polar surface area (TPSA) is 32.8 Å². The van der Waals surface area contributed by atoms with Gasteiger partial charge in [0.2, 0.25) is 0 Å². The average Bonchev–Trinajstić information content (AvgIpc) is 4.30. The molecule has 4 aliphatic carbocycles. The zero-order valence-corrected chi connectivity index (χ0v) is 46.3. The first-order valence-corrected chi connectivity index (χ1v) is 30.7. The third kappa shape index (κ3) is 9.18. The molecule has 0 N–H and O–H groups in total. The van der Waals surface area contributed by atoms with E-state index in [-0.39, 0.29) is 0 Å². The molecule has 0 radical (unpaired) electrons. The summed E-state index contributed by atoms with van der Waals surface area (Å²) < 4.78 is 13.7. The summed E-state index contributed by atoms with van der Waals surface area (Å²) in [6.45, 7) is 2.25. The molecule has 396 valence electrons. The predicted molar refractivity (Wildman–Crippen MR) is 333 cm³/mol. The van der Waals surface area contributed by atoms with Crippen LogP contribution in [0.15, 0.2) is 173 Å². The number of hydrogen-bond donors (Lipinski definition) is 0. The standard InChI is InChI=1S/C75H74N2O2/c1-49-74-68-44-58-30-40-66(76(62-32-22-54(23-33-62)50-14-6-2-7-15-50)63-34-24-55(25-35-63)51-16-8-3-9-17-51)42-60(58)46-70(68)78-72(74)48-73-75(49)69-45-59-31-41-67(43-61(59)47-71(69)79-73)77(64-36-26-56(27-37-64)52-18-10-4-11-19-52)65-38-28-57(29-39-65)53-20-12-5-13-21-53/h22-48,50-53H,2-21H2,1H3. The number of furan rings is 2. The van der Waals surface area contributed by atoms with Crippen molar-refractivity contribution >= 4 is 99.5 Å². The van der Waals surface area contributed by atoms with E-state index in [1.54, 1.807) is 0 Å². The van der Waals surface area contributed by atoms with Crippen LogP contribution in [-0.2, 0) is 0 Å². The Bertz CT molecular complexity index is 3610. The fraction of sp³-hybridized carbons (Fsp3) is 0.333. The molecule has 11 aromatic rings. The Morgan fingerprint density at radius 2 is 0.570 bits per heavy atom. The number of fused-ring (bicyclic) bond motifs is 8. The third-order valence-corrected chi connectivity index (χ3v) is 19.8. The Balaban J connectivity index is 0.777. The van der Waals surface area contributed by atoms with Gasteiger partial charge in [0, 0.05) is 61.7 Å². The molecule has 0 atom stereocenters. The van der Waals surface area contributed by atoms with Crippen molar-refractivity contribution < 1.29 is 8.83 Å². The van der Waals surface area contributed by atoms with E-state index in [0.717, 1.165) is 66.0 Å². The van der Waals surface area contributed by atoms with Gasteiger partial charge in [-0.15, -0.1) is 0 Å². The zero-order valence-electron chi connectivity index (χ0n) is 46.3. The Morgan fingerprint density at radius 1 is 0.278 bits per heavy atom. The molecular weight excluding hydrogens is 961 g/mol. The lowest BCUT2D eigenvalue weighted by Crippen LogP contribution is -2.11. The molecular formula is C75H74N2O2. The molecule has 0 bridgehead atoms. The maximum absolute atomic E-state index is 6.86. The van der Waals surface area contributed by atoms with Gasteiger partial charge in [-0.25, -0.2) is 0 Å². The Morgan fingerprint density at radius 3 is 0.873 bits per heavy atom. The molecule has 4 saturated carbocycles. The van der Waals surface area contributed by atoms with E-state index in [1.807, 2.05) is 0 Å². The van der Waals surface area contributed by atoms with Crippen molar-refractivity contribution in [1.29, 1.82) is 0 Å². The van der Waals surface area contributed by atoms with Crippen molar-refractivity contribution in [3.05, 3.63) is 192 Å². The minimum atomic E-state index is 0.675. The Kier molecular flexibility index (Phi) is 12.8. The first kappa shape index (κ1) is 48.8. The van der Waals surface area contributed by atoms with Crippen LogP contribution in [0.4, 0.5) is 34.1 Å². The van der Waals surface area contributed by atoms with Gasteiger partial charge in [0.1, 0.15) is 22.3 Å². The maximum Gasteiger partial charge on any atom is 0.139 e. The summed E-state index contributed by atoms with van der Waals surface area (Å²) in [6.07, 6.45) is 26.7. The van der Waals surface area contributed by atoms with Gasteiger partial charge in [-0.1, -0.05) is 138 Å². The van der Waals surface area contributed by atoms with Gasteiger partial charge in [0.15, 0.2) is 0 Å². The lowest BCUT2D eigenvalue weighted by atomic mass is 9.84. The molecule has 4 heteroatoms. The minimum absolute atomic E-state index is 0.675. The van der Waals surface area contributed by atoms with Crippen molar-refractivity contribution in [2.75, 3.05) is 9.80 Å². The number of aryl methyl sites for hydroxylation is 1. The van der Waals surface area contributed by atoms with E-state index in [1.165, 1.54) is 190 Å². The van der Waals surface area contributed by atoms with Crippen molar-refractivity contribution in [3.63, 3.8) is 0 Å². The zero-order chi connectivity index (χ0) is 52.4. The van der Waals surface area contributed by atoms with Gasteiger partial charge in [-0.05, 0) is 228 Å². The second-order valence-corrected chi connectivity index (χ2v) is 24.6. The number of nitrogens with zero attached hydrogens (tertiary/aromatic N) is 2. The van der Waals surface area contributed by atoms with Crippen LogP contribution in [0.1, 0.15) is 180 Å². The number of rotatable bonds is 10. The average molecular weight is 1040 g/mol. The fourth-order valence-corrected chi connectivity index (χ4v) is 15.4. The van der Waals surface area contributed by atoms with Crippen LogP contribution in [0.2, 0.25) is 0 Å². The second-order valence-electron chi connectivity index (χ2n) is 24.6. The van der Waals surface area contributed by atoms with Crippen molar-refractivity contribution in [3.8, 4) is 0 Å². The molecule has 0 saturated heterocycles. The highest BCUT2D eigenvalue weighted by atomic mass is 16.3. The van der Waals surface area contributed by atoms with Crippen LogP contribution in [0, 0.1) is 6.92 Å². The van der Waals surface area contributed by atoms with E-state index in [4.69, 9.17) is 8.83 Å². The van der Waals surface area contributed by atoms with Crippen LogP contribution >= 0.6 is 0 Å². The SMILES string of the molecule is Cc1c2c(cc3oc4cc5cc(N(c6ccc(C7CCCCC7)cc6)c6ccc(C7CCCCC7)cc6)ccc5cc4c13)oc1cc3cc(N(c4ccc(C5CCCCC5)cc4)c4ccc(C5CCCCC5)cc4)ccc3cc12. The summed E-state index contributed by atoms with van der Waals surface area (Å²) in [7, 11) is 0. The fourth-order valence-electron chi connectivity index (χ4n) is 15.4. The summed E-state index contributed by atoms with van der Waals surface area (Å²) >= 11 is 0. The molecule has 4 nitrogen and oxygen atoms in total. The van der Waals surface area contributed by atoms with Crippen LogP contribution in [0.25, 0.3) is 65.4 Å². The molecule has 4 aliphatic rings. The molecule has 9 aromatic carbocycles. The van der Waals surface area contributed by atoms with Crippen LogP contribution in [0.5, 0.6) is 0 Å². The predicted octanol–water partition coefficient (Wildman–Crippen LogP) is 23.2. The van der Waals surface area contributed by atoms with Gasteiger partial charge < -0.3 is 18.6 Å². The van der Waals surface area contributed by atoms with E-state index >= 15 is 0 Å². The molecule has 0 unspecified atom stereocenters. The monoisotopic (exact) mass is 1030 g/mol. The summed E-state index contributed by atoms with van der Waals surface area (Å²) in [6, 6.07) is 63.4. The molecule has 0 amide bonds. The van der Waals surface area contributed by atoms with E-state index in [0.29, 0.717) is 23.7 Å². The number of benzene rings is 9. The van der Waals surface area contributed by atoms with Gasteiger partial charge in [0.25, 0.3) is 0 Å². The van der Waals surface area contributed by atoms with Crippen LogP contribution in [0.3, 0.4) is 0 Å². The quantitative estimate of drug-likeness (QED) is 0.137. The van der Waals surface area contributed by atoms with E-state index in [2.05, 4.69) is 181 Å². The lowest BCUT2D eigenvalue weighted by Gasteiger charge is -2.28. The third-order valence-electron chi connectivity index (χ3n) is 19.8. The van der Waals surface area contributed by atoms with Gasteiger partial charge >= 0.3 is 0 Å². The van der Waals surface area contributed by atoms with Crippen molar-refractivity contribution in [2.24, 2.45) is 0 Å². The highest BCUT2D eigenvalue weighted by Gasteiger charge is 2.24. The van der Waals surface area contributed by atoms with Gasteiger partial charge in [-0.2, -0.15) is 0 Å². The molecule has 2 aromatic heterocycles. The summed E-state index contributed by atoms with van der Waals surface area (Å²) in [5, 5.41) is 9.32. The van der Waals surface area contributed by atoms with Crippen molar-refractivity contribution in [2.45, 2.75) is 159 Å². The van der Waals surface area contributed by atoms with Crippen molar-refractivity contribution in [1.82, 2.24) is 0 Å². The smallest absolute Gasteiger partial charge is 0.139 e. The molecule has 4 fully saturated rings. The molecule has 0 aliphatic heterocycles. The largest absolute Gasteiger partial charge is 0.456 e. The molecule has 0 spiro atoms. The number of anilines is 6. The second kappa shape index (κ2) is 20.7. The Hall–Kier alpha value is -7.30. The summed E-state index contributed by atoms with van der Waals surface area (Å²) in [4.78, 5) is 4.90. The molecule has 79 heavy (non-hydrogen) atoms. The maximum atomic E-state index is 6.86. The summed E-state index contributed by atoms with van der Waals surface area (Å²) in [5.41, 5.74) is 17.7.